The van der Waals surface area contributed by atoms with E-state index in [0.29, 0.717) is 0 Å². The summed E-state index contributed by atoms with van der Waals surface area (Å²) in [5.74, 6) is 0. The number of nitrogens with zero attached hydrogens (tertiary/aromatic N) is 2. The predicted molar refractivity (Wildman–Crippen MR) is 130 cm³/mol. The lowest BCUT2D eigenvalue weighted by Crippen LogP contribution is -1.96. The average molecular weight is 398 g/mol. The van der Waals surface area contributed by atoms with Gasteiger partial charge in [-0.15, -0.1) is 8.58 Å². The molecule has 5 aromatic rings. The second-order valence-electron chi connectivity index (χ2n) is 7.64. The zero-order valence-corrected chi connectivity index (χ0v) is 18.7. The lowest BCUT2D eigenvalue weighted by Gasteiger charge is -2.14. The third-order valence-electron chi connectivity index (χ3n) is 5.35. The lowest BCUT2D eigenvalue weighted by atomic mass is 9.99. The fourth-order valence-electron chi connectivity index (χ4n) is 4.15. The summed E-state index contributed by atoms with van der Waals surface area (Å²) in [6.07, 6.45) is 2.02. The zero-order chi connectivity index (χ0) is 20.5. The van der Waals surface area contributed by atoms with Gasteiger partial charge in [0.25, 0.3) is 0 Å². The minimum atomic E-state index is 1.02. The fourth-order valence-corrected chi connectivity index (χ4v) is 4.15. The molecule has 2 heterocycles. The molecule has 0 aliphatic carbocycles. The molecule has 3 heteroatoms. The Labute approximate surface area is 174 Å². The molecule has 2 aromatic heterocycles. The first kappa shape index (κ1) is 19.6. The van der Waals surface area contributed by atoms with Gasteiger partial charge in [-0.25, -0.2) is 4.98 Å². The van der Waals surface area contributed by atoms with Gasteiger partial charge in [-0.2, -0.15) is 0 Å². The van der Waals surface area contributed by atoms with Gasteiger partial charge in [0.15, 0.2) is 0 Å². The summed E-state index contributed by atoms with van der Waals surface area (Å²) in [7, 11) is 1.08. The van der Waals surface area contributed by atoms with E-state index in [1.807, 2.05) is 6.20 Å². The van der Waals surface area contributed by atoms with Gasteiger partial charge >= 0.3 is 0 Å². The van der Waals surface area contributed by atoms with Crippen molar-refractivity contribution in [2.45, 2.75) is 20.8 Å². The van der Waals surface area contributed by atoms with Gasteiger partial charge in [0.1, 0.15) is 5.65 Å². The number of fused-ring (bicyclic) bond motifs is 6. The molecule has 2 nitrogen and oxygen atoms in total. The second-order valence-corrected chi connectivity index (χ2v) is 8.64. The molecule has 0 saturated heterocycles. The molecule has 146 valence electrons. The van der Waals surface area contributed by atoms with E-state index < -0.39 is 0 Å². The van der Waals surface area contributed by atoms with E-state index in [4.69, 9.17) is 4.98 Å². The molecule has 0 amide bonds. The van der Waals surface area contributed by atoms with Crippen molar-refractivity contribution >= 4 is 35.9 Å². The Morgan fingerprint density at radius 2 is 1.41 bits per heavy atom. The van der Waals surface area contributed by atoms with Crippen molar-refractivity contribution in [2.75, 3.05) is 13.3 Å². The van der Waals surface area contributed by atoms with E-state index in [2.05, 4.69) is 99.2 Å². The van der Waals surface area contributed by atoms with Gasteiger partial charge in [-0.3, -0.25) is 4.40 Å². The molecule has 0 radical (unpaired) electrons. The van der Waals surface area contributed by atoms with Crippen LogP contribution in [0.4, 0.5) is 0 Å². The second kappa shape index (κ2) is 7.97. The first-order valence-corrected chi connectivity index (χ1v) is 12.0. The molecule has 29 heavy (non-hydrogen) atoms. The van der Waals surface area contributed by atoms with Crippen LogP contribution in [-0.2, 0) is 0 Å². The van der Waals surface area contributed by atoms with Gasteiger partial charge in [-0.1, -0.05) is 54.1 Å². The van der Waals surface area contributed by atoms with Crippen LogP contribution in [0.5, 0.6) is 0 Å². The van der Waals surface area contributed by atoms with Crippen LogP contribution in [0, 0.1) is 20.8 Å². The van der Waals surface area contributed by atoms with E-state index in [0.717, 1.165) is 19.9 Å². The summed E-state index contributed by atoms with van der Waals surface area (Å²) in [6, 6.07) is 21.7. The minimum Gasteiger partial charge on any atom is -0.292 e. The maximum atomic E-state index is 4.84. The minimum absolute atomic E-state index is 1.02. The molecule has 3 aromatic carbocycles. The maximum absolute atomic E-state index is 4.84. The molecule has 0 aliphatic rings. The molecular weight excluding hydrogens is 371 g/mol. The summed E-state index contributed by atoms with van der Waals surface area (Å²) in [4.78, 5) is 4.84. The highest BCUT2D eigenvalue weighted by atomic mass is 31.1. The molecule has 0 atom stereocenters. The third kappa shape index (κ3) is 3.32. The van der Waals surface area contributed by atoms with Gasteiger partial charge < -0.3 is 0 Å². The maximum Gasteiger partial charge on any atom is 0.145 e. The first-order valence-electron chi connectivity index (χ1n) is 10.0. The molecule has 0 saturated carbocycles. The molecule has 0 N–H and O–H groups in total. The SMILES string of the molecule is CPC.Cc1ccc2c(c1)c1ccccc1c1ncc(-c3c(C)cccc3C)n21. The molecule has 0 unspecified atom stereocenters. The molecule has 0 spiro atoms. The highest BCUT2D eigenvalue weighted by Gasteiger charge is 2.16. The number of rotatable bonds is 1. The van der Waals surface area contributed by atoms with E-state index in [1.54, 1.807) is 0 Å². The third-order valence-corrected chi connectivity index (χ3v) is 5.35. The van der Waals surface area contributed by atoms with Gasteiger partial charge in [0, 0.05) is 16.3 Å². The Morgan fingerprint density at radius 3 is 2.10 bits per heavy atom. The van der Waals surface area contributed by atoms with Crippen LogP contribution in [0.3, 0.4) is 0 Å². The van der Waals surface area contributed by atoms with Crippen molar-refractivity contribution in [2.24, 2.45) is 0 Å². The van der Waals surface area contributed by atoms with Crippen LogP contribution >= 0.6 is 8.58 Å². The van der Waals surface area contributed by atoms with E-state index >= 15 is 0 Å². The summed E-state index contributed by atoms with van der Waals surface area (Å²) in [5, 5.41) is 3.74. The number of hydrogen-bond donors (Lipinski definition) is 0. The lowest BCUT2D eigenvalue weighted by molar-refractivity contribution is 1.24. The van der Waals surface area contributed by atoms with Gasteiger partial charge in [-0.05, 0) is 62.7 Å². The van der Waals surface area contributed by atoms with E-state index in [-0.39, 0.29) is 0 Å². The Balaban J connectivity index is 0.000000645. The van der Waals surface area contributed by atoms with Crippen LogP contribution < -0.4 is 0 Å². The highest BCUT2D eigenvalue weighted by Crippen LogP contribution is 2.35. The van der Waals surface area contributed by atoms with Crippen LogP contribution in [-0.4, -0.2) is 22.7 Å². The van der Waals surface area contributed by atoms with Crippen molar-refractivity contribution < 1.29 is 0 Å². The summed E-state index contributed by atoms with van der Waals surface area (Å²) in [6.45, 7) is 10.8. The van der Waals surface area contributed by atoms with Crippen LogP contribution in [0.2, 0.25) is 0 Å². The molecule has 0 aliphatic heterocycles. The number of pyridine rings is 1. The summed E-state index contributed by atoms with van der Waals surface area (Å²) >= 11 is 0. The predicted octanol–water partition coefficient (Wildman–Crippen LogP) is 7.16. The monoisotopic (exact) mass is 398 g/mol. The van der Waals surface area contributed by atoms with Crippen LogP contribution in [0.1, 0.15) is 16.7 Å². The van der Waals surface area contributed by atoms with Gasteiger partial charge in [0.2, 0.25) is 0 Å². The number of aryl methyl sites for hydroxylation is 3. The summed E-state index contributed by atoms with van der Waals surface area (Å²) < 4.78 is 2.33. The molecular formula is C26H27N2P. The van der Waals surface area contributed by atoms with Crippen molar-refractivity contribution in [3.05, 3.63) is 83.6 Å². The quantitative estimate of drug-likeness (QED) is 0.216. The van der Waals surface area contributed by atoms with Gasteiger partial charge in [0.05, 0.1) is 17.4 Å². The van der Waals surface area contributed by atoms with Crippen molar-refractivity contribution in [3.63, 3.8) is 0 Å². The topological polar surface area (TPSA) is 17.3 Å². The average Bonchev–Trinajstić information content (AvgIpc) is 3.14. The van der Waals surface area contributed by atoms with Crippen LogP contribution in [0.25, 0.3) is 38.6 Å². The number of hydrogen-bond acceptors (Lipinski definition) is 1. The first-order chi connectivity index (χ1) is 14.1. The highest BCUT2D eigenvalue weighted by molar-refractivity contribution is 7.35. The molecule has 0 fully saturated rings. The van der Waals surface area contributed by atoms with E-state index in [1.165, 1.54) is 43.9 Å². The smallest absolute Gasteiger partial charge is 0.145 e. The zero-order valence-electron chi connectivity index (χ0n) is 17.7. The van der Waals surface area contributed by atoms with Crippen molar-refractivity contribution in [1.29, 1.82) is 0 Å². The number of benzene rings is 3. The standard InChI is InChI=1S/C24H20N2.C2H7P/c1-15-11-12-21-20(13-15)18-9-4-5-10-19(18)24-25-14-22(26(21)24)23-16(2)7-6-8-17(23)3;1-3-2/h4-14H,1-3H3;3H,1-2H3. The van der Waals surface area contributed by atoms with E-state index in [9.17, 15) is 0 Å². The largest absolute Gasteiger partial charge is 0.292 e. The van der Waals surface area contributed by atoms with Crippen LogP contribution in [0.15, 0.2) is 66.9 Å². The molecule has 5 rings (SSSR count). The Kier molecular flexibility index (Phi) is 5.39. The number of aromatic nitrogens is 2. The van der Waals surface area contributed by atoms with Crippen molar-refractivity contribution in [3.8, 4) is 11.3 Å². The molecule has 0 bridgehead atoms. The Hall–Kier alpha value is -2.70. The Morgan fingerprint density at radius 1 is 0.759 bits per heavy atom. The normalized spacial score (nSPS) is 11.1. The Bertz CT molecular complexity index is 1310. The van der Waals surface area contributed by atoms with Crippen molar-refractivity contribution in [1.82, 2.24) is 9.38 Å². The number of imidazole rings is 1. The summed E-state index contributed by atoms with van der Waals surface area (Å²) in [5.41, 5.74) is 8.50. The fraction of sp³-hybridized carbons (Fsp3) is 0.192.